The molecule has 1 aromatic heterocycles. The van der Waals surface area contributed by atoms with Gasteiger partial charge >= 0.3 is 0 Å². The Kier molecular flexibility index (Phi) is 9.12. The summed E-state index contributed by atoms with van der Waals surface area (Å²) >= 11 is 12.3. The molecule has 204 valence electrons. The highest BCUT2D eigenvalue weighted by Gasteiger charge is 2.30. The van der Waals surface area contributed by atoms with Crippen LogP contribution in [0.4, 0.5) is 5.82 Å². The van der Waals surface area contributed by atoms with Crippen molar-refractivity contribution in [3.8, 4) is 16.8 Å². The molecule has 0 bridgehead atoms. The van der Waals surface area contributed by atoms with Gasteiger partial charge in [-0.1, -0.05) is 85.1 Å². The van der Waals surface area contributed by atoms with E-state index >= 15 is 0 Å². The molecule has 10 heteroatoms. The molecule has 1 N–H and O–H groups in total. The Hall–Kier alpha value is -3.17. The third-order valence-corrected chi connectivity index (χ3v) is 8.88. The molecule has 1 heterocycles. The molecule has 0 spiro atoms. The van der Waals surface area contributed by atoms with E-state index in [1.54, 1.807) is 4.68 Å². The maximum Gasteiger partial charge on any atom is 0.245 e. The summed E-state index contributed by atoms with van der Waals surface area (Å²) in [6.07, 6.45) is 1.31. The lowest BCUT2D eigenvalue weighted by Gasteiger charge is -2.23. The average Bonchev–Trinajstić information content (AvgIpc) is 3.23. The van der Waals surface area contributed by atoms with Gasteiger partial charge < -0.3 is 5.32 Å². The third kappa shape index (κ3) is 6.36. The molecule has 0 saturated carbocycles. The largest absolute Gasteiger partial charge is 0.309 e. The number of nitrogens with zero attached hydrogens (tertiary/aromatic N) is 3. The molecular weight excluding hydrogens is 555 g/mol. The lowest BCUT2D eigenvalue weighted by molar-refractivity contribution is -0.116. The van der Waals surface area contributed by atoms with Gasteiger partial charge in [0.1, 0.15) is 10.7 Å². The maximum absolute atomic E-state index is 13.6. The smallest absolute Gasteiger partial charge is 0.245 e. The van der Waals surface area contributed by atoms with Crippen LogP contribution in [-0.2, 0) is 14.8 Å². The van der Waals surface area contributed by atoms with Crippen molar-refractivity contribution in [2.24, 2.45) is 0 Å². The summed E-state index contributed by atoms with van der Waals surface area (Å²) < 4.78 is 30.1. The highest BCUT2D eigenvalue weighted by molar-refractivity contribution is 7.89. The fourth-order valence-electron chi connectivity index (χ4n) is 4.33. The van der Waals surface area contributed by atoms with Crippen LogP contribution in [0.15, 0.2) is 77.7 Å². The first-order chi connectivity index (χ1) is 18.6. The van der Waals surface area contributed by atoms with Gasteiger partial charge in [-0.2, -0.15) is 9.40 Å². The van der Waals surface area contributed by atoms with Crippen molar-refractivity contribution < 1.29 is 13.2 Å². The number of unbranched alkanes of at least 4 members (excludes halogenated alkanes) is 1. The van der Waals surface area contributed by atoms with Crippen LogP contribution >= 0.6 is 23.2 Å². The molecule has 4 rings (SSSR count). The number of aromatic nitrogens is 2. The van der Waals surface area contributed by atoms with Gasteiger partial charge in [0.15, 0.2) is 0 Å². The van der Waals surface area contributed by atoms with Crippen LogP contribution in [0.2, 0.25) is 10.0 Å². The second-order valence-corrected chi connectivity index (χ2v) is 11.9. The van der Waals surface area contributed by atoms with E-state index in [9.17, 15) is 13.2 Å². The number of aryl methyl sites for hydroxylation is 2. The zero-order valence-electron chi connectivity index (χ0n) is 22.0. The molecule has 4 aromatic rings. The maximum atomic E-state index is 13.6. The van der Waals surface area contributed by atoms with Crippen molar-refractivity contribution in [3.05, 3.63) is 94.1 Å². The monoisotopic (exact) mass is 584 g/mol. The Bertz CT molecular complexity index is 1590. The highest BCUT2D eigenvalue weighted by atomic mass is 35.5. The number of para-hydroxylation sites is 1. The summed E-state index contributed by atoms with van der Waals surface area (Å²) in [5.74, 6) is -0.0358. The highest BCUT2D eigenvalue weighted by Crippen LogP contribution is 2.34. The number of hydrogen-bond acceptors (Lipinski definition) is 4. The van der Waals surface area contributed by atoms with Gasteiger partial charge in [0.25, 0.3) is 0 Å². The summed E-state index contributed by atoms with van der Waals surface area (Å²) in [4.78, 5) is 13.4. The fraction of sp³-hybridized carbons (Fsp3) is 0.241. The van der Waals surface area contributed by atoms with Gasteiger partial charge in [0.2, 0.25) is 15.9 Å². The number of carbonyl (C=O) groups excluding carboxylic acids is 1. The predicted molar refractivity (Wildman–Crippen MR) is 157 cm³/mol. The number of amides is 1. The molecule has 0 saturated heterocycles. The standard InChI is InChI=1S/C29H30Cl2N4O3S/c1-4-5-17-34(39(37,38)26-18-23(30)15-16-24(26)31)19-27(36)32-29-28(22-12-7-6-8-13-22)21(3)33-35(29)25-14-10-9-11-20(25)2/h6-16,18H,4-5,17,19H2,1-3H3,(H,32,36). The molecule has 0 aliphatic heterocycles. The molecule has 39 heavy (non-hydrogen) atoms. The minimum Gasteiger partial charge on any atom is -0.309 e. The Morgan fingerprint density at radius 3 is 2.38 bits per heavy atom. The summed E-state index contributed by atoms with van der Waals surface area (Å²) in [7, 11) is -4.11. The summed E-state index contributed by atoms with van der Waals surface area (Å²) in [6.45, 7) is 5.54. The minimum atomic E-state index is -4.11. The Labute approximate surface area is 239 Å². The van der Waals surface area contributed by atoms with Crippen molar-refractivity contribution in [1.29, 1.82) is 0 Å². The summed E-state index contributed by atoms with van der Waals surface area (Å²) in [6, 6.07) is 21.6. The third-order valence-electron chi connectivity index (χ3n) is 6.32. The molecule has 0 unspecified atom stereocenters. The molecule has 3 aromatic carbocycles. The van der Waals surface area contributed by atoms with Crippen molar-refractivity contribution in [3.63, 3.8) is 0 Å². The Balaban J connectivity index is 1.74. The van der Waals surface area contributed by atoms with Crippen LogP contribution < -0.4 is 5.32 Å². The van der Waals surface area contributed by atoms with Crippen LogP contribution in [0.5, 0.6) is 0 Å². The van der Waals surface area contributed by atoms with E-state index < -0.39 is 22.5 Å². The van der Waals surface area contributed by atoms with E-state index in [1.807, 2.05) is 75.4 Å². The number of rotatable bonds is 10. The van der Waals surface area contributed by atoms with Gasteiger partial charge in [-0.25, -0.2) is 13.1 Å². The van der Waals surface area contributed by atoms with Crippen molar-refractivity contribution >= 4 is 45.0 Å². The van der Waals surface area contributed by atoms with Gasteiger partial charge in [-0.3, -0.25) is 4.79 Å². The number of hydrogen-bond donors (Lipinski definition) is 1. The summed E-state index contributed by atoms with van der Waals surface area (Å²) in [5, 5.41) is 8.01. The first-order valence-corrected chi connectivity index (χ1v) is 14.8. The zero-order valence-corrected chi connectivity index (χ0v) is 24.3. The molecule has 0 atom stereocenters. The van der Waals surface area contributed by atoms with Gasteiger partial charge in [0, 0.05) is 17.1 Å². The number of anilines is 1. The second kappa shape index (κ2) is 12.3. The van der Waals surface area contributed by atoms with Crippen molar-refractivity contribution in [2.45, 2.75) is 38.5 Å². The Morgan fingerprint density at radius 1 is 1.00 bits per heavy atom. The predicted octanol–water partition coefficient (Wildman–Crippen LogP) is 6.89. The quantitative estimate of drug-likeness (QED) is 0.220. The van der Waals surface area contributed by atoms with E-state index in [0.29, 0.717) is 12.2 Å². The van der Waals surface area contributed by atoms with Crippen LogP contribution in [0.3, 0.4) is 0 Å². The van der Waals surface area contributed by atoms with E-state index in [1.165, 1.54) is 18.2 Å². The number of nitrogens with one attached hydrogen (secondary N) is 1. The van der Waals surface area contributed by atoms with Crippen molar-refractivity contribution in [2.75, 3.05) is 18.4 Å². The van der Waals surface area contributed by atoms with Gasteiger partial charge in [-0.15, -0.1) is 0 Å². The first-order valence-electron chi connectivity index (χ1n) is 12.6. The topological polar surface area (TPSA) is 84.3 Å². The van der Waals surface area contributed by atoms with Gasteiger partial charge in [0.05, 0.1) is 22.9 Å². The molecule has 0 aliphatic carbocycles. The van der Waals surface area contributed by atoms with Crippen molar-refractivity contribution in [1.82, 2.24) is 14.1 Å². The van der Waals surface area contributed by atoms with Gasteiger partial charge in [-0.05, 0) is 55.7 Å². The SMILES string of the molecule is CCCCN(CC(=O)Nc1c(-c2ccccc2)c(C)nn1-c1ccccc1C)S(=O)(=O)c1cc(Cl)ccc1Cl. The normalized spacial score (nSPS) is 11.6. The lowest BCUT2D eigenvalue weighted by atomic mass is 10.1. The van der Waals surface area contributed by atoms with Crippen LogP contribution in [0.1, 0.15) is 31.0 Å². The number of sulfonamides is 1. The first kappa shape index (κ1) is 28.8. The molecule has 7 nitrogen and oxygen atoms in total. The van der Waals surface area contributed by atoms with Crippen LogP contribution in [0.25, 0.3) is 16.8 Å². The van der Waals surface area contributed by atoms with E-state index in [2.05, 4.69) is 5.32 Å². The lowest BCUT2D eigenvalue weighted by Crippen LogP contribution is -2.39. The zero-order chi connectivity index (χ0) is 28.2. The molecule has 0 fully saturated rings. The average molecular weight is 586 g/mol. The molecule has 1 amide bonds. The van der Waals surface area contributed by atoms with E-state index in [4.69, 9.17) is 28.3 Å². The summed E-state index contributed by atoms with van der Waals surface area (Å²) in [5.41, 5.74) is 4.14. The van der Waals surface area contributed by atoms with E-state index in [-0.39, 0.29) is 21.5 Å². The molecule has 0 radical (unpaired) electrons. The van der Waals surface area contributed by atoms with Crippen LogP contribution in [-0.4, -0.2) is 41.5 Å². The number of benzene rings is 3. The molecule has 0 aliphatic rings. The molecular formula is C29H30Cl2N4O3S. The second-order valence-electron chi connectivity index (χ2n) is 9.19. The Morgan fingerprint density at radius 2 is 1.69 bits per heavy atom. The van der Waals surface area contributed by atoms with Crippen LogP contribution in [0, 0.1) is 13.8 Å². The number of carbonyl (C=O) groups is 1. The van der Waals surface area contributed by atoms with E-state index in [0.717, 1.165) is 38.8 Å². The fourth-order valence-corrected chi connectivity index (χ4v) is 6.50. The number of halogens is 2. The minimum absolute atomic E-state index is 0.0425.